The van der Waals surface area contributed by atoms with Crippen LogP contribution in [0.25, 0.3) is 0 Å². The summed E-state index contributed by atoms with van der Waals surface area (Å²) in [6.45, 7) is -1.78. The quantitative estimate of drug-likeness (QED) is 0.793. The average molecular weight is 297 g/mol. The zero-order valence-corrected chi connectivity index (χ0v) is 10.1. The van der Waals surface area contributed by atoms with Gasteiger partial charge in [-0.1, -0.05) is 30.3 Å². The van der Waals surface area contributed by atoms with Crippen molar-refractivity contribution in [2.24, 2.45) is 0 Å². The summed E-state index contributed by atoms with van der Waals surface area (Å²) in [5.41, 5.74) is 0.516. The van der Waals surface area contributed by atoms with E-state index in [4.69, 9.17) is 5.11 Å². The van der Waals surface area contributed by atoms with Crippen LogP contribution in [0.4, 0.5) is 22.0 Å². The Morgan fingerprint density at radius 3 is 2.15 bits per heavy atom. The van der Waals surface area contributed by atoms with Gasteiger partial charge in [0, 0.05) is 0 Å². The average Bonchev–Trinajstić information content (AvgIpc) is 2.34. The lowest BCUT2D eigenvalue weighted by Gasteiger charge is -2.22. The van der Waals surface area contributed by atoms with E-state index < -0.39 is 30.7 Å². The van der Waals surface area contributed by atoms with Crippen molar-refractivity contribution < 1.29 is 31.9 Å². The van der Waals surface area contributed by atoms with Crippen LogP contribution in [0.5, 0.6) is 0 Å². The van der Waals surface area contributed by atoms with Gasteiger partial charge in [0.1, 0.15) is 6.04 Å². The number of hydrogen-bond donors (Lipinski definition) is 2. The molecule has 0 radical (unpaired) electrons. The first kappa shape index (κ1) is 16.4. The lowest BCUT2D eigenvalue weighted by atomic mass is 10.1. The van der Waals surface area contributed by atoms with Gasteiger partial charge in [0.2, 0.25) is 0 Å². The second-order valence-corrected chi connectivity index (χ2v) is 4.16. The van der Waals surface area contributed by atoms with Gasteiger partial charge in [-0.3, -0.25) is 10.1 Å². The van der Waals surface area contributed by atoms with Crippen LogP contribution in [0.1, 0.15) is 5.56 Å². The Labute approximate surface area is 111 Å². The molecule has 1 aromatic rings. The molecule has 1 atom stereocenters. The number of rotatable bonds is 6. The molecule has 0 aliphatic heterocycles. The highest BCUT2D eigenvalue weighted by Crippen LogP contribution is 2.34. The van der Waals surface area contributed by atoms with E-state index >= 15 is 0 Å². The van der Waals surface area contributed by atoms with Gasteiger partial charge in [0.25, 0.3) is 0 Å². The first-order chi connectivity index (χ1) is 9.13. The van der Waals surface area contributed by atoms with Crippen molar-refractivity contribution in [2.45, 2.75) is 24.6 Å². The molecule has 1 rings (SSSR count). The molecule has 0 saturated heterocycles. The second-order valence-electron chi connectivity index (χ2n) is 4.16. The van der Waals surface area contributed by atoms with E-state index in [1.165, 1.54) is 0 Å². The van der Waals surface area contributed by atoms with E-state index in [1.54, 1.807) is 35.6 Å². The van der Waals surface area contributed by atoms with E-state index in [1.807, 2.05) is 0 Å². The maximum absolute atomic E-state index is 12.7. The topological polar surface area (TPSA) is 49.3 Å². The molecule has 20 heavy (non-hydrogen) atoms. The molecule has 0 unspecified atom stereocenters. The molecule has 1 aromatic carbocycles. The minimum atomic E-state index is -5.71. The molecule has 0 spiro atoms. The fraction of sp³-hybridized carbons (Fsp3) is 0.417. The van der Waals surface area contributed by atoms with Gasteiger partial charge < -0.3 is 5.11 Å². The van der Waals surface area contributed by atoms with Gasteiger partial charge >= 0.3 is 18.1 Å². The lowest BCUT2D eigenvalue weighted by molar-refractivity contribution is -0.279. The Hall–Kier alpha value is -1.70. The van der Waals surface area contributed by atoms with Crippen LogP contribution in [0.2, 0.25) is 0 Å². The second kappa shape index (κ2) is 6.17. The van der Waals surface area contributed by atoms with Crippen LogP contribution in [-0.2, 0) is 11.2 Å². The summed E-state index contributed by atoms with van der Waals surface area (Å²) < 4.78 is 61.3. The van der Waals surface area contributed by atoms with E-state index in [-0.39, 0.29) is 6.42 Å². The third-order valence-corrected chi connectivity index (χ3v) is 2.57. The Balaban J connectivity index is 2.68. The minimum Gasteiger partial charge on any atom is -0.480 e. The molecule has 0 heterocycles. The summed E-state index contributed by atoms with van der Waals surface area (Å²) in [7, 11) is 0. The van der Waals surface area contributed by atoms with Gasteiger partial charge in [0.15, 0.2) is 0 Å². The van der Waals surface area contributed by atoms with Crippen molar-refractivity contribution in [3.05, 3.63) is 35.9 Å². The Morgan fingerprint density at radius 2 is 1.70 bits per heavy atom. The molecule has 0 aliphatic rings. The Kier molecular flexibility index (Phi) is 5.04. The van der Waals surface area contributed by atoms with Crippen LogP contribution in [0.15, 0.2) is 30.3 Å². The van der Waals surface area contributed by atoms with Crippen molar-refractivity contribution >= 4 is 5.97 Å². The number of carbonyl (C=O) groups is 1. The summed E-state index contributed by atoms with van der Waals surface area (Å²) in [5.74, 6) is -6.47. The highest BCUT2D eigenvalue weighted by atomic mass is 19.4. The lowest BCUT2D eigenvalue weighted by Crippen LogP contribution is -2.50. The monoisotopic (exact) mass is 297 g/mol. The van der Waals surface area contributed by atoms with Crippen LogP contribution < -0.4 is 5.32 Å². The smallest absolute Gasteiger partial charge is 0.454 e. The molecule has 0 bridgehead atoms. The fourth-order valence-electron chi connectivity index (χ4n) is 1.45. The van der Waals surface area contributed by atoms with E-state index in [2.05, 4.69) is 0 Å². The first-order valence-electron chi connectivity index (χ1n) is 5.58. The van der Waals surface area contributed by atoms with Crippen LogP contribution >= 0.6 is 0 Å². The molecule has 3 nitrogen and oxygen atoms in total. The van der Waals surface area contributed by atoms with Crippen molar-refractivity contribution in [3.63, 3.8) is 0 Å². The van der Waals surface area contributed by atoms with E-state index in [0.29, 0.717) is 5.56 Å². The molecular formula is C12H12F5NO2. The van der Waals surface area contributed by atoms with Crippen molar-refractivity contribution in [1.29, 1.82) is 0 Å². The summed E-state index contributed by atoms with van der Waals surface area (Å²) in [4.78, 5) is 10.9. The third-order valence-electron chi connectivity index (χ3n) is 2.57. The first-order valence-corrected chi connectivity index (χ1v) is 5.58. The standard InChI is InChI=1S/C12H12F5NO2/c13-11(14,12(15,16)17)7-18-9(10(19)20)6-8-4-2-1-3-5-8/h1-5,9,18H,6-7H2,(H,19,20)/t9-/m0/s1. The molecular weight excluding hydrogens is 285 g/mol. The van der Waals surface area contributed by atoms with Gasteiger partial charge in [-0.15, -0.1) is 0 Å². The third kappa shape index (κ3) is 4.44. The Morgan fingerprint density at radius 1 is 1.15 bits per heavy atom. The SMILES string of the molecule is O=C(O)[C@H](Cc1ccccc1)NCC(F)(F)C(F)(F)F. The maximum atomic E-state index is 12.7. The van der Waals surface area contributed by atoms with Crippen molar-refractivity contribution in [3.8, 4) is 0 Å². The van der Waals surface area contributed by atoms with Gasteiger partial charge in [0.05, 0.1) is 6.54 Å². The van der Waals surface area contributed by atoms with Crippen molar-refractivity contribution in [2.75, 3.05) is 6.54 Å². The van der Waals surface area contributed by atoms with E-state index in [9.17, 15) is 26.7 Å². The molecule has 0 aromatic heterocycles. The molecule has 2 N–H and O–H groups in total. The molecule has 8 heteroatoms. The molecule has 0 amide bonds. The zero-order chi connectivity index (χ0) is 15.4. The van der Waals surface area contributed by atoms with E-state index in [0.717, 1.165) is 0 Å². The zero-order valence-electron chi connectivity index (χ0n) is 10.1. The summed E-state index contributed by atoms with van der Waals surface area (Å²) in [5, 5.41) is 10.6. The summed E-state index contributed by atoms with van der Waals surface area (Å²) >= 11 is 0. The maximum Gasteiger partial charge on any atom is 0.454 e. The number of benzene rings is 1. The largest absolute Gasteiger partial charge is 0.480 e. The highest BCUT2D eigenvalue weighted by Gasteiger charge is 2.57. The number of aliphatic carboxylic acids is 1. The normalized spacial score (nSPS) is 14.1. The molecule has 0 aliphatic carbocycles. The van der Waals surface area contributed by atoms with Crippen LogP contribution in [0.3, 0.4) is 0 Å². The van der Waals surface area contributed by atoms with Crippen LogP contribution in [-0.4, -0.2) is 35.8 Å². The van der Waals surface area contributed by atoms with Gasteiger partial charge in [-0.25, -0.2) is 0 Å². The number of carboxylic acids is 1. The minimum absolute atomic E-state index is 0.190. The van der Waals surface area contributed by atoms with Crippen LogP contribution in [0, 0.1) is 0 Å². The number of carboxylic acid groups (broad SMARTS) is 1. The number of alkyl halides is 5. The highest BCUT2D eigenvalue weighted by molar-refractivity contribution is 5.73. The number of hydrogen-bond acceptors (Lipinski definition) is 2. The molecule has 0 saturated carbocycles. The number of nitrogens with one attached hydrogen (secondary N) is 1. The Bertz CT molecular complexity index is 447. The summed E-state index contributed by atoms with van der Waals surface area (Å²) in [6, 6.07) is 6.48. The predicted molar refractivity (Wildman–Crippen MR) is 60.6 cm³/mol. The predicted octanol–water partition coefficient (Wildman–Crippen LogP) is 2.47. The fourth-order valence-corrected chi connectivity index (χ4v) is 1.45. The number of halogens is 5. The molecule has 0 fully saturated rings. The summed E-state index contributed by atoms with van der Waals surface area (Å²) in [6.07, 6.45) is -5.90. The van der Waals surface area contributed by atoms with Gasteiger partial charge in [-0.05, 0) is 12.0 Å². The van der Waals surface area contributed by atoms with Crippen molar-refractivity contribution in [1.82, 2.24) is 5.32 Å². The molecule has 112 valence electrons. The van der Waals surface area contributed by atoms with Gasteiger partial charge in [-0.2, -0.15) is 22.0 Å².